The van der Waals surface area contributed by atoms with Gasteiger partial charge in [0.15, 0.2) is 5.65 Å². The Balaban J connectivity index is 1.16. The predicted molar refractivity (Wildman–Crippen MR) is 180 cm³/mol. The Bertz CT molecular complexity index is 1630. The number of rotatable bonds is 7. The lowest BCUT2D eigenvalue weighted by molar-refractivity contribution is -0.137. The molecule has 3 saturated heterocycles. The van der Waals surface area contributed by atoms with Crippen molar-refractivity contribution in [1.82, 2.24) is 29.2 Å². The van der Waals surface area contributed by atoms with E-state index in [9.17, 15) is 14.4 Å². The number of aromatic amines is 1. The molecular weight excluding hydrogens is 605 g/mol. The second-order valence-electron chi connectivity index (χ2n) is 14.2. The number of aromatic nitrogens is 3. The van der Waals surface area contributed by atoms with Crippen LogP contribution in [-0.4, -0.2) is 97.7 Å². The molecule has 2 atom stereocenters. The van der Waals surface area contributed by atoms with Crippen molar-refractivity contribution in [3.8, 4) is 0 Å². The molecule has 248 valence electrons. The van der Waals surface area contributed by atoms with E-state index in [4.69, 9.17) is 0 Å². The van der Waals surface area contributed by atoms with Crippen molar-refractivity contribution < 1.29 is 14.0 Å². The molecule has 0 bridgehead atoms. The number of thioether (sulfide) groups is 1. The molecule has 0 radical (unpaired) electrons. The molecule has 3 fully saturated rings. The van der Waals surface area contributed by atoms with Gasteiger partial charge in [0.25, 0.3) is 0 Å². The van der Waals surface area contributed by atoms with Crippen molar-refractivity contribution in [3.05, 3.63) is 58.4 Å². The predicted octanol–water partition coefficient (Wildman–Crippen LogP) is 4.64. The lowest BCUT2D eigenvalue weighted by Crippen LogP contribution is -2.53. The molecule has 2 amide bonds. The molecule has 12 heteroatoms. The first kappa shape index (κ1) is 32.6. The number of para-hydroxylation sites is 1. The molecule has 3 aliphatic heterocycles. The number of hydrogen-bond donors (Lipinski definition) is 1. The number of piperidine rings is 1. The molecule has 3 aromatic rings. The van der Waals surface area contributed by atoms with Gasteiger partial charge in [-0.05, 0) is 57.7 Å². The Hall–Kier alpha value is -3.38. The van der Waals surface area contributed by atoms with Crippen molar-refractivity contribution in [1.29, 1.82) is 0 Å². The third-order valence-electron chi connectivity index (χ3n) is 9.56. The zero-order valence-corrected chi connectivity index (χ0v) is 28.4. The number of piperazine rings is 1. The van der Waals surface area contributed by atoms with Crippen LogP contribution in [0.5, 0.6) is 0 Å². The Morgan fingerprint density at radius 1 is 1.04 bits per heavy atom. The molecule has 10 nitrogen and oxygen atoms in total. The average molecular weight is 652 g/mol. The topological polar surface area (TPSA) is 97.8 Å². The number of nitrogens with one attached hydrogen (secondary N) is 1. The molecule has 5 heterocycles. The van der Waals surface area contributed by atoms with Gasteiger partial charge in [-0.2, -0.15) is 0 Å². The normalized spacial score (nSPS) is 22.1. The zero-order valence-electron chi connectivity index (χ0n) is 27.5. The van der Waals surface area contributed by atoms with Crippen molar-refractivity contribution >= 4 is 40.4 Å². The lowest BCUT2D eigenvalue weighted by atomic mass is 10.0. The van der Waals surface area contributed by atoms with Gasteiger partial charge in [0, 0.05) is 75.6 Å². The number of fused-ring (bicyclic) bond motifs is 1. The first-order chi connectivity index (χ1) is 21.9. The summed E-state index contributed by atoms with van der Waals surface area (Å²) in [7, 11) is 0. The quantitative estimate of drug-likeness (QED) is 0.398. The largest absolute Gasteiger partial charge is 0.366 e. The third-order valence-corrected chi connectivity index (χ3v) is 11.0. The number of carbonyl (C=O) groups excluding carboxylic acids is 2. The summed E-state index contributed by atoms with van der Waals surface area (Å²) in [6.45, 7) is 15.4. The van der Waals surface area contributed by atoms with Crippen molar-refractivity contribution in [2.75, 3.05) is 50.7 Å². The average Bonchev–Trinajstić information content (AvgIpc) is 3.51. The van der Waals surface area contributed by atoms with E-state index in [-0.39, 0.29) is 52.6 Å². The molecule has 0 spiro atoms. The van der Waals surface area contributed by atoms with Crippen LogP contribution >= 0.6 is 11.8 Å². The zero-order chi connectivity index (χ0) is 32.7. The highest BCUT2D eigenvalue weighted by atomic mass is 32.2. The van der Waals surface area contributed by atoms with Crippen molar-refractivity contribution in [2.45, 2.75) is 76.1 Å². The van der Waals surface area contributed by atoms with Gasteiger partial charge < -0.3 is 14.7 Å². The SMILES string of the molecule is CC(C)CN1C(=O)[C@@H](CC(=O)N2CCC(n3c(=O)[nH]c4ncccc43)CC2)SC1c1cccc(F)c1N1CCN(C(C)(C)C)CC1. The maximum absolute atomic E-state index is 15.6. The molecule has 6 rings (SSSR count). The van der Waals surface area contributed by atoms with Crippen LogP contribution < -0.4 is 10.6 Å². The number of halogens is 1. The van der Waals surface area contributed by atoms with Crippen LogP contribution in [0, 0.1) is 11.7 Å². The summed E-state index contributed by atoms with van der Waals surface area (Å²) in [6.07, 6.45) is 3.06. The minimum Gasteiger partial charge on any atom is -0.366 e. The minimum absolute atomic E-state index is 0.0282. The van der Waals surface area contributed by atoms with Gasteiger partial charge in [0.2, 0.25) is 11.8 Å². The van der Waals surface area contributed by atoms with Crippen molar-refractivity contribution in [3.63, 3.8) is 0 Å². The number of carbonyl (C=O) groups is 2. The Labute approximate surface area is 274 Å². The van der Waals surface area contributed by atoms with Gasteiger partial charge in [-0.3, -0.25) is 24.0 Å². The summed E-state index contributed by atoms with van der Waals surface area (Å²) in [6, 6.07) is 8.86. The van der Waals surface area contributed by atoms with Gasteiger partial charge in [-0.25, -0.2) is 14.2 Å². The standard InChI is InChI=1S/C34H46FN7O3S/c1-22(2)21-41-31(44)27(20-28(43)38-14-11-23(12-15-38)42-26-10-7-13-36-30(26)37-33(42)45)46-32(41)24-8-6-9-25(35)29(24)39-16-18-40(19-17-39)34(3,4)5/h6-10,13,22-23,27,32H,11-12,14-21H2,1-5H3,(H,36,37,45)/t27-,32?/m1/s1. The highest BCUT2D eigenvalue weighted by Gasteiger charge is 2.44. The van der Waals surface area contributed by atoms with Gasteiger partial charge in [-0.1, -0.05) is 26.0 Å². The monoisotopic (exact) mass is 651 g/mol. The highest BCUT2D eigenvalue weighted by Crippen LogP contribution is 2.48. The smallest absolute Gasteiger partial charge is 0.327 e. The van der Waals surface area contributed by atoms with Crippen LogP contribution in [0.1, 0.15) is 70.9 Å². The number of hydrogen-bond acceptors (Lipinski definition) is 7. The molecule has 1 aromatic carbocycles. The summed E-state index contributed by atoms with van der Waals surface area (Å²) in [5.41, 5.74) is 2.58. The van der Waals surface area contributed by atoms with Gasteiger partial charge in [0.1, 0.15) is 11.2 Å². The first-order valence-electron chi connectivity index (χ1n) is 16.5. The number of anilines is 1. The number of pyridine rings is 1. The summed E-state index contributed by atoms with van der Waals surface area (Å²) in [4.78, 5) is 55.5. The van der Waals surface area contributed by atoms with E-state index in [0.717, 1.165) is 24.2 Å². The summed E-state index contributed by atoms with van der Waals surface area (Å²) < 4.78 is 17.4. The maximum atomic E-state index is 15.6. The molecule has 2 aromatic heterocycles. The Morgan fingerprint density at radius 3 is 2.43 bits per heavy atom. The minimum atomic E-state index is -0.537. The second kappa shape index (κ2) is 13.0. The summed E-state index contributed by atoms with van der Waals surface area (Å²) >= 11 is 1.48. The van der Waals surface area contributed by atoms with Gasteiger partial charge in [-0.15, -0.1) is 11.8 Å². The van der Waals surface area contributed by atoms with E-state index in [2.05, 4.69) is 54.4 Å². The number of H-pyrrole nitrogens is 1. The van der Waals surface area contributed by atoms with E-state index >= 15 is 4.39 Å². The fourth-order valence-electron chi connectivity index (χ4n) is 7.19. The van der Waals surface area contributed by atoms with Crippen LogP contribution in [0.3, 0.4) is 0 Å². The highest BCUT2D eigenvalue weighted by molar-refractivity contribution is 8.01. The molecule has 0 aliphatic carbocycles. The van der Waals surface area contributed by atoms with Gasteiger partial charge in [0.05, 0.1) is 16.5 Å². The van der Waals surface area contributed by atoms with E-state index in [0.29, 0.717) is 56.9 Å². The molecular formula is C34H46FN7O3S. The number of likely N-dealkylation sites (tertiary alicyclic amines) is 1. The molecule has 1 unspecified atom stereocenters. The molecule has 0 saturated carbocycles. The molecule has 1 N–H and O–H groups in total. The number of imidazole rings is 1. The lowest BCUT2D eigenvalue weighted by Gasteiger charge is -2.43. The fourth-order valence-corrected chi connectivity index (χ4v) is 8.67. The summed E-state index contributed by atoms with van der Waals surface area (Å²) in [5, 5.41) is -0.905. The Morgan fingerprint density at radius 2 is 1.76 bits per heavy atom. The third kappa shape index (κ3) is 6.43. The molecule has 46 heavy (non-hydrogen) atoms. The van der Waals surface area contributed by atoms with Crippen LogP contribution in [0.25, 0.3) is 11.2 Å². The van der Waals surface area contributed by atoms with Gasteiger partial charge >= 0.3 is 5.69 Å². The number of amides is 2. The molecule has 3 aliphatic rings. The van der Waals surface area contributed by atoms with Crippen LogP contribution in [0.15, 0.2) is 41.3 Å². The second-order valence-corrected chi connectivity index (χ2v) is 15.5. The number of benzene rings is 1. The van der Waals surface area contributed by atoms with E-state index in [1.165, 1.54) is 17.8 Å². The van der Waals surface area contributed by atoms with E-state index in [1.807, 2.05) is 28.0 Å². The van der Waals surface area contributed by atoms with Crippen molar-refractivity contribution in [2.24, 2.45) is 5.92 Å². The fraction of sp³-hybridized carbons (Fsp3) is 0.588. The van der Waals surface area contributed by atoms with Crippen LogP contribution in [-0.2, 0) is 9.59 Å². The first-order valence-corrected chi connectivity index (χ1v) is 17.4. The van der Waals surface area contributed by atoms with E-state index < -0.39 is 5.25 Å². The maximum Gasteiger partial charge on any atom is 0.327 e. The van der Waals surface area contributed by atoms with Crippen LogP contribution in [0.4, 0.5) is 10.1 Å². The summed E-state index contributed by atoms with van der Waals surface area (Å²) in [5.74, 6) is -0.166. The van der Waals surface area contributed by atoms with E-state index in [1.54, 1.807) is 16.8 Å². The number of nitrogens with zero attached hydrogens (tertiary/aromatic N) is 6. The Kier molecular flexibility index (Phi) is 9.22. The van der Waals surface area contributed by atoms with Crippen LogP contribution in [0.2, 0.25) is 0 Å².